The Morgan fingerprint density at radius 1 is 1.17 bits per heavy atom. The van der Waals surface area contributed by atoms with E-state index in [-0.39, 0.29) is 23.9 Å². The van der Waals surface area contributed by atoms with E-state index < -0.39 is 12.6 Å². The average Bonchev–Trinajstić information content (AvgIpc) is 3.25. The quantitative estimate of drug-likeness (QED) is 0.632. The van der Waals surface area contributed by atoms with E-state index in [2.05, 4.69) is 10.3 Å². The van der Waals surface area contributed by atoms with Crippen molar-refractivity contribution >= 4 is 16.6 Å². The second-order valence-corrected chi connectivity index (χ2v) is 8.14. The maximum atomic E-state index is 12.5. The zero-order chi connectivity index (χ0) is 21.3. The fraction of sp³-hybridized carbons (Fsp3) is 0.455. The first-order valence-electron chi connectivity index (χ1n) is 10.3. The molecule has 1 fully saturated rings. The van der Waals surface area contributed by atoms with E-state index in [1.807, 2.05) is 29.0 Å². The number of alkyl halides is 3. The lowest BCUT2D eigenvalue weighted by Crippen LogP contribution is -2.28. The van der Waals surface area contributed by atoms with Crippen molar-refractivity contribution in [3.05, 3.63) is 53.3 Å². The largest absolute Gasteiger partial charge is 0.389 e. The van der Waals surface area contributed by atoms with Crippen LogP contribution in [0.15, 0.2) is 47.8 Å². The maximum absolute atomic E-state index is 12.5. The van der Waals surface area contributed by atoms with Gasteiger partial charge < -0.3 is 14.5 Å². The smallest absolute Gasteiger partial charge is 0.382 e. The van der Waals surface area contributed by atoms with Crippen molar-refractivity contribution in [2.24, 2.45) is 13.0 Å². The molecule has 2 aromatic heterocycles. The van der Waals surface area contributed by atoms with Gasteiger partial charge in [0, 0.05) is 54.7 Å². The number of halogens is 3. The summed E-state index contributed by atoms with van der Waals surface area (Å²) in [5.74, 6) is 0.123. The van der Waals surface area contributed by atoms with Gasteiger partial charge in [-0.1, -0.05) is 0 Å². The van der Waals surface area contributed by atoms with Crippen LogP contribution in [0.5, 0.6) is 0 Å². The Morgan fingerprint density at radius 2 is 1.93 bits per heavy atom. The Morgan fingerprint density at radius 3 is 2.60 bits per heavy atom. The monoisotopic (exact) mass is 418 g/mol. The van der Waals surface area contributed by atoms with Gasteiger partial charge in [0.25, 0.3) is 5.56 Å². The number of aryl methyl sites for hydroxylation is 1. The van der Waals surface area contributed by atoms with Crippen molar-refractivity contribution in [2.45, 2.75) is 50.7 Å². The molecule has 4 rings (SSSR count). The number of benzene rings is 1. The SMILES string of the molecule is Cn1c(=O)cc(NC2CCC(CCC(F)(F)F)CC2)c2cc(-n3ccnc3)ccc21. The molecular weight excluding hydrogens is 393 g/mol. The van der Waals surface area contributed by atoms with Gasteiger partial charge >= 0.3 is 6.18 Å². The van der Waals surface area contributed by atoms with Crippen molar-refractivity contribution < 1.29 is 13.2 Å². The summed E-state index contributed by atoms with van der Waals surface area (Å²) in [6, 6.07) is 7.65. The minimum Gasteiger partial charge on any atom is -0.382 e. The summed E-state index contributed by atoms with van der Waals surface area (Å²) in [5, 5.41) is 4.43. The summed E-state index contributed by atoms with van der Waals surface area (Å²) in [4.78, 5) is 16.5. The first-order chi connectivity index (χ1) is 14.3. The predicted molar refractivity (Wildman–Crippen MR) is 111 cm³/mol. The summed E-state index contributed by atoms with van der Waals surface area (Å²) >= 11 is 0. The first-order valence-corrected chi connectivity index (χ1v) is 10.3. The van der Waals surface area contributed by atoms with Gasteiger partial charge in [-0.3, -0.25) is 4.79 Å². The topological polar surface area (TPSA) is 51.9 Å². The van der Waals surface area contributed by atoms with Gasteiger partial charge in [0.05, 0.1) is 11.8 Å². The minimum atomic E-state index is -4.08. The fourth-order valence-electron chi connectivity index (χ4n) is 4.32. The van der Waals surface area contributed by atoms with E-state index in [4.69, 9.17) is 0 Å². The lowest BCUT2D eigenvalue weighted by molar-refractivity contribution is -0.138. The van der Waals surface area contributed by atoms with Crippen LogP contribution >= 0.6 is 0 Å². The molecule has 3 aromatic rings. The number of fused-ring (bicyclic) bond motifs is 1. The van der Waals surface area contributed by atoms with Gasteiger partial charge in [0.2, 0.25) is 0 Å². The van der Waals surface area contributed by atoms with E-state index in [1.54, 1.807) is 30.2 Å². The highest BCUT2D eigenvalue weighted by Gasteiger charge is 2.30. The molecule has 0 saturated heterocycles. The summed E-state index contributed by atoms with van der Waals surface area (Å²) in [6.07, 6.45) is 3.88. The van der Waals surface area contributed by atoms with Crippen LogP contribution in [0.1, 0.15) is 38.5 Å². The van der Waals surface area contributed by atoms with E-state index in [0.29, 0.717) is 0 Å². The van der Waals surface area contributed by atoms with Crippen molar-refractivity contribution in [1.29, 1.82) is 0 Å². The number of imidazole rings is 1. The van der Waals surface area contributed by atoms with Gasteiger partial charge in [0.1, 0.15) is 0 Å². The second kappa shape index (κ2) is 8.16. The second-order valence-electron chi connectivity index (χ2n) is 8.14. The third kappa shape index (κ3) is 4.52. The van der Waals surface area contributed by atoms with Crippen LogP contribution in [0.4, 0.5) is 18.9 Å². The minimum absolute atomic E-state index is 0.0979. The Hall–Kier alpha value is -2.77. The summed E-state index contributed by atoms with van der Waals surface area (Å²) in [6.45, 7) is 0. The molecule has 160 valence electrons. The third-order valence-corrected chi connectivity index (χ3v) is 6.08. The van der Waals surface area contributed by atoms with Crippen LogP contribution in [0.3, 0.4) is 0 Å². The molecule has 0 radical (unpaired) electrons. The average molecular weight is 418 g/mol. The maximum Gasteiger partial charge on any atom is 0.389 e. The molecular formula is C22H25F3N4O. The van der Waals surface area contributed by atoms with Crippen molar-refractivity contribution in [1.82, 2.24) is 14.1 Å². The number of nitrogens with zero attached hydrogens (tertiary/aromatic N) is 3. The Kier molecular flexibility index (Phi) is 5.58. The molecule has 0 amide bonds. The van der Waals surface area contributed by atoms with Gasteiger partial charge in [-0.15, -0.1) is 0 Å². The molecule has 30 heavy (non-hydrogen) atoms. The number of aromatic nitrogens is 3. The first kappa shape index (κ1) is 20.5. The number of anilines is 1. The van der Waals surface area contributed by atoms with Crippen LogP contribution < -0.4 is 10.9 Å². The molecule has 2 heterocycles. The van der Waals surface area contributed by atoms with Gasteiger partial charge in [-0.05, 0) is 56.2 Å². The lowest BCUT2D eigenvalue weighted by Gasteiger charge is -2.30. The summed E-state index contributed by atoms with van der Waals surface area (Å²) in [7, 11) is 1.75. The molecule has 0 spiro atoms. The molecule has 1 aliphatic rings. The molecule has 5 nitrogen and oxygen atoms in total. The van der Waals surface area contributed by atoms with E-state index in [1.165, 1.54) is 0 Å². The molecule has 8 heteroatoms. The van der Waals surface area contributed by atoms with Crippen molar-refractivity contribution in [3.63, 3.8) is 0 Å². The Labute approximate surface area is 172 Å². The normalized spacial score (nSPS) is 19.9. The number of pyridine rings is 1. The lowest BCUT2D eigenvalue weighted by atomic mass is 9.83. The molecule has 0 bridgehead atoms. The van der Waals surface area contributed by atoms with Crippen LogP contribution in [0.25, 0.3) is 16.6 Å². The standard InChI is InChI=1S/C22H25F3N4O/c1-28-20-7-6-17(29-11-10-26-14-29)12-18(20)19(13-21(28)30)27-16-4-2-15(3-5-16)8-9-22(23,24)25/h6-7,10-16,27H,2-5,8-9H2,1H3. The molecule has 1 N–H and O–H groups in total. The number of nitrogens with one attached hydrogen (secondary N) is 1. The summed E-state index contributed by atoms with van der Waals surface area (Å²) < 4.78 is 41.0. The van der Waals surface area contributed by atoms with Gasteiger partial charge in [-0.2, -0.15) is 13.2 Å². The molecule has 1 saturated carbocycles. The van der Waals surface area contributed by atoms with Crippen molar-refractivity contribution in [3.8, 4) is 5.69 Å². The number of hydrogen-bond acceptors (Lipinski definition) is 3. The third-order valence-electron chi connectivity index (χ3n) is 6.08. The highest BCUT2D eigenvalue weighted by Crippen LogP contribution is 2.34. The molecule has 1 aromatic carbocycles. The van der Waals surface area contributed by atoms with E-state index in [9.17, 15) is 18.0 Å². The van der Waals surface area contributed by atoms with E-state index in [0.717, 1.165) is 48.0 Å². The van der Waals surface area contributed by atoms with Crippen LogP contribution in [-0.4, -0.2) is 26.3 Å². The van der Waals surface area contributed by atoms with E-state index >= 15 is 0 Å². The van der Waals surface area contributed by atoms with Crippen molar-refractivity contribution in [2.75, 3.05) is 5.32 Å². The fourth-order valence-corrected chi connectivity index (χ4v) is 4.32. The molecule has 0 unspecified atom stereocenters. The predicted octanol–water partition coefficient (Wildman–Crippen LogP) is 5.04. The van der Waals surface area contributed by atoms with Crippen LogP contribution in [0.2, 0.25) is 0 Å². The molecule has 0 atom stereocenters. The molecule has 0 aliphatic heterocycles. The van der Waals surface area contributed by atoms with Gasteiger partial charge in [-0.25, -0.2) is 4.98 Å². The van der Waals surface area contributed by atoms with Crippen LogP contribution in [0, 0.1) is 5.92 Å². The molecule has 1 aliphatic carbocycles. The Bertz CT molecular complexity index is 1060. The van der Waals surface area contributed by atoms with Crippen LogP contribution in [-0.2, 0) is 7.05 Å². The number of rotatable bonds is 5. The zero-order valence-electron chi connectivity index (χ0n) is 16.8. The Balaban J connectivity index is 1.53. The highest BCUT2D eigenvalue weighted by molar-refractivity contribution is 5.93. The number of hydrogen-bond donors (Lipinski definition) is 1. The highest BCUT2D eigenvalue weighted by atomic mass is 19.4. The van der Waals surface area contributed by atoms with Gasteiger partial charge in [0.15, 0.2) is 0 Å². The zero-order valence-corrected chi connectivity index (χ0v) is 16.8. The summed E-state index contributed by atoms with van der Waals surface area (Å²) in [5.41, 5.74) is 2.44.